The lowest BCUT2D eigenvalue weighted by Gasteiger charge is -2.14. The summed E-state index contributed by atoms with van der Waals surface area (Å²) in [5, 5.41) is 0. The van der Waals surface area contributed by atoms with Gasteiger partial charge in [-0.3, -0.25) is 0 Å². The summed E-state index contributed by atoms with van der Waals surface area (Å²) in [7, 11) is 0. The van der Waals surface area contributed by atoms with Crippen molar-refractivity contribution in [2.75, 3.05) is 0 Å². The van der Waals surface area contributed by atoms with Crippen LogP contribution in [0.2, 0.25) is 0 Å². The zero-order chi connectivity index (χ0) is 7.40. The summed E-state index contributed by atoms with van der Waals surface area (Å²) in [5.41, 5.74) is 0. The van der Waals surface area contributed by atoms with Gasteiger partial charge in [0.1, 0.15) is 0 Å². The number of rotatable bonds is 1. The summed E-state index contributed by atoms with van der Waals surface area (Å²) in [6, 6.07) is 0. The summed E-state index contributed by atoms with van der Waals surface area (Å²) in [6.45, 7) is 4.64. The Kier molecular flexibility index (Phi) is 2.98. The molecule has 0 aromatic carbocycles. The monoisotopic (exact) mass is 138 g/mol. The lowest BCUT2D eigenvalue weighted by Crippen LogP contribution is -2.03. The van der Waals surface area contributed by atoms with Crippen LogP contribution in [0.3, 0.4) is 0 Å². The van der Waals surface area contributed by atoms with Crippen LogP contribution in [0.5, 0.6) is 0 Å². The van der Waals surface area contributed by atoms with Crippen LogP contribution in [0.25, 0.3) is 0 Å². The smallest absolute Gasteiger partial charge is 0.0210 e. The van der Waals surface area contributed by atoms with Crippen molar-refractivity contribution in [3.05, 3.63) is 12.2 Å². The molecule has 0 aromatic heterocycles. The summed E-state index contributed by atoms with van der Waals surface area (Å²) in [6.07, 6.45) is 10.3. The molecular formula is C10H18. The predicted octanol–water partition coefficient (Wildman–Crippen LogP) is 3.39. The molecule has 10 heavy (non-hydrogen) atoms. The van der Waals surface area contributed by atoms with Gasteiger partial charge in [-0.25, -0.2) is 0 Å². The molecule has 0 saturated carbocycles. The lowest BCUT2D eigenvalue weighted by molar-refractivity contribution is 0.428. The molecule has 0 bridgehead atoms. The molecule has 1 unspecified atom stereocenters. The maximum atomic E-state index is 2.41. The Balaban J connectivity index is 2.41. The van der Waals surface area contributed by atoms with Gasteiger partial charge >= 0.3 is 0 Å². The highest BCUT2D eigenvalue weighted by molar-refractivity contribution is 4.92. The van der Waals surface area contributed by atoms with E-state index < -0.39 is 0 Å². The van der Waals surface area contributed by atoms with E-state index in [0.29, 0.717) is 0 Å². The van der Waals surface area contributed by atoms with Crippen molar-refractivity contribution in [3.63, 3.8) is 0 Å². The molecule has 0 aromatic rings. The maximum absolute atomic E-state index is 2.41. The van der Waals surface area contributed by atoms with Crippen LogP contribution in [0, 0.1) is 11.8 Å². The van der Waals surface area contributed by atoms with Crippen LogP contribution in [0.1, 0.15) is 39.5 Å². The topological polar surface area (TPSA) is 0 Å². The third kappa shape index (κ3) is 2.17. The SMILES string of the molecule is CC(C)C1C=CCCCC1. The first-order valence-corrected chi connectivity index (χ1v) is 4.47. The largest absolute Gasteiger partial charge is 0.0883 e. The molecule has 0 heteroatoms. The Labute approximate surface area is 64.3 Å². The average Bonchev–Trinajstić information content (AvgIpc) is 2.12. The number of hydrogen-bond acceptors (Lipinski definition) is 0. The van der Waals surface area contributed by atoms with Crippen molar-refractivity contribution in [1.82, 2.24) is 0 Å². The van der Waals surface area contributed by atoms with Gasteiger partial charge in [0.15, 0.2) is 0 Å². The van der Waals surface area contributed by atoms with E-state index in [4.69, 9.17) is 0 Å². The highest BCUT2D eigenvalue weighted by atomic mass is 14.2. The van der Waals surface area contributed by atoms with Crippen LogP contribution in [0.15, 0.2) is 12.2 Å². The van der Waals surface area contributed by atoms with Gasteiger partial charge in [-0.05, 0) is 31.1 Å². The fraction of sp³-hybridized carbons (Fsp3) is 0.800. The van der Waals surface area contributed by atoms with Gasteiger partial charge < -0.3 is 0 Å². The Morgan fingerprint density at radius 2 is 2.10 bits per heavy atom. The quantitative estimate of drug-likeness (QED) is 0.487. The van der Waals surface area contributed by atoms with Crippen molar-refractivity contribution >= 4 is 0 Å². The molecule has 1 rings (SSSR count). The summed E-state index contributed by atoms with van der Waals surface area (Å²) in [4.78, 5) is 0. The van der Waals surface area contributed by atoms with Gasteiger partial charge in [0.25, 0.3) is 0 Å². The Morgan fingerprint density at radius 3 is 2.80 bits per heavy atom. The first kappa shape index (κ1) is 7.84. The molecule has 1 atom stereocenters. The second kappa shape index (κ2) is 3.80. The van der Waals surface area contributed by atoms with E-state index in [1.807, 2.05) is 0 Å². The average molecular weight is 138 g/mol. The molecule has 0 spiro atoms. The van der Waals surface area contributed by atoms with Crippen molar-refractivity contribution < 1.29 is 0 Å². The highest BCUT2D eigenvalue weighted by Crippen LogP contribution is 2.23. The molecular weight excluding hydrogens is 120 g/mol. The van der Waals surface area contributed by atoms with E-state index in [2.05, 4.69) is 26.0 Å². The van der Waals surface area contributed by atoms with E-state index in [0.717, 1.165) is 11.8 Å². The maximum Gasteiger partial charge on any atom is -0.0210 e. The van der Waals surface area contributed by atoms with Gasteiger partial charge in [0, 0.05) is 0 Å². The Morgan fingerprint density at radius 1 is 1.30 bits per heavy atom. The molecule has 0 aliphatic heterocycles. The van der Waals surface area contributed by atoms with Gasteiger partial charge in [0.2, 0.25) is 0 Å². The second-order valence-electron chi connectivity index (χ2n) is 3.62. The fourth-order valence-corrected chi connectivity index (χ4v) is 1.57. The third-order valence-corrected chi connectivity index (χ3v) is 2.40. The Bertz CT molecular complexity index is 111. The molecule has 0 radical (unpaired) electrons. The van der Waals surface area contributed by atoms with Crippen molar-refractivity contribution in [1.29, 1.82) is 0 Å². The van der Waals surface area contributed by atoms with Crippen molar-refractivity contribution in [2.45, 2.75) is 39.5 Å². The van der Waals surface area contributed by atoms with Gasteiger partial charge in [-0.2, -0.15) is 0 Å². The van der Waals surface area contributed by atoms with E-state index in [1.165, 1.54) is 25.7 Å². The van der Waals surface area contributed by atoms with Gasteiger partial charge in [0.05, 0.1) is 0 Å². The predicted molar refractivity (Wildman–Crippen MR) is 45.9 cm³/mol. The first-order valence-electron chi connectivity index (χ1n) is 4.47. The molecule has 0 amide bonds. The molecule has 58 valence electrons. The molecule has 0 nitrogen and oxygen atoms in total. The minimum Gasteiger partial charge on any atom is -0.0883 e. The standard InChI is InChI=1S/C10H18/c1-9(2)10-7-5-3-4-6-8-10/h5,7,9-10H,3-4,6,8H2,1-2H3. The van der Waals surface area contributed by atoms with Crippen LogP contribution >= 0.6 is 0 Å². The van der Waals surface area contributed by atoms with E-state index in [-0.39, 0.29) is 0 Å². The normalized spacial score (nSPS) is 26.9. The van der Waals surface area contributed by atoms with Crippen LogP contribution in [-0.2, 0) is 0 Å². The summed E-state index contributed by atoms with van der Waals surface area (Å²) >= 11 is 0. The zero-order valence-electron chi connectivity index (χ0n) is 7.14. The summed E-state index contributed by atoms with van der Waals surface area (Å²) in [5.74, 6) is 1.71. The van der Waals surface area contributed by atoms with E-state index >= 15 is 0 Å². The van der Waals surface area contributed by atoms with Gasteiger partial charge in [-0.1, -0.05) is 32.4 Å². The van der Waals surface area contributed by atoms with Crippen molar-refractivity contribution in [2.24, 2.45) is 11.8 Å². The highest BCUT2D eigenvalue weighted by Gasteiger charge is 2.10. The summed E-state index contributed by atoms with van der Waals surface area (Å²) < 4.78 is 0. The van der Waals surface area contributed by atoms with E-state index in [1.54, 1.807) is 0 Å². The van der Waals surface area contributed by atoms with Crippen LogP contribution in [-0.4, -0.2) is 0 Å². The molecule has 0 saturated heterocycles. The van der Waals surface area contributed by atoms with Gasteiger partial charge in [-0.15, -0.1) is 0 Å². The third-order valence-electron chi connectivity index (χ3n) is 2.40. The zero-order valence-corrected chi connectivity index (χ0v) is 7.14. The minimum atomic E-state index is 0.842. The molecule has 0 N–H and O–H groups in total. The lowest BCUT2D eigenvalue weighted by atomic mass is 9.92. The first-order chi connectivity index (χ1) is 4.80. The molecule has 0 fully saturated rings. The minimum absolute atomic E-state index is 0.842. The number of hydrogen-bond donors (Lipinski definition) is 0. The fourth-order valence-electron chi connectivity index (χ4n) is 1.57. The second-order valence-corrected chi connectivity index (χ2v) is 3.62. The molecule has 1 aliphatic rings. The van der Waals surface area contributed by atoms with Crippen molar-refractivity contribution in [3.8, 4) is 0 Å². The number of allylic oxidation sites excluding steroid dienone is 2. The van der Waals surface area contributed by atoms with Crippen LogP contribution in [0.4, 0.5) is 0 Å². The molecule has 1 aliphatic carbocycles. The van der Waals surface area contributed by atoms with Crippen LogP contribution < -0.4 is 0 Å². The van der Waals surface area contributed by atoms with E-state index in [9.17, 15) is 0 Å². The molecule has 0 heterocycles. The Hall–Kier alpha value is -0.260.